The first-order valence-electron chi connectivity index (χ1n) is 8.75. The van der Waals surface area contributed by atoms with Gasteiger partial charge in [-0.25, -0.2) is 0 Å². The number of nitrogens with zero attached hydrogens (tertiary/aromatic N) is 2. The molecule has 1 aliphatic heterocycles. The molecule has 1 heterocycles. The van der Waals surface area contributed by atoms with Crippen molar-refractivity contribution in [1.82, 2.24) is 9.80 Å². The van der Waals surface area contributed by atoms with Gasteiger partial charge in [0.15, 0.2) is 0 Å². The summed E-state index contributed by atoms with van der Waals surface area (Å²) in [6, 6.07) is 10.9. The molecule has 1 aliphatic carbocycles. The van der Waals surface area contributed by atoms with Crippen LogP contribution in [0.25, 0.3) is 0 Å². The van der Waals surface area contributed by atoms with Crippen molar-refractivity contribution in [1.29, 1.82) is 0 Å². The summed E-state index contributed by atoms with van der Waals surface area (Å²) in [5.41, 5.74) is 1.23. The predicted octanol–water partition coefficient (Wildman–Crippen LogP) is 4.01. The molecule has 1 saturated heterocycles. The van der Waals surface area contributed by atoms with Gasteiger partial charge in [-0.15, -0.1) is 0 Å². The molecule has 4 heteroatoms. The van der Waals surface area contributed by atoms with Crippen LogP contribution in [0.5, 0.6) is 0 Å². The molecule has 1 fully saturated rings. The number of rotatable bonds is 3. The molecule has 0 bridgehead atoms. The Morgan fingerprint density at radius 1 is 1.17 bits per heavy atom. The van der Waals surface area contributed by atoms with Crippen LogP contribution < -0.4 is 0 Å². The molecule has 0 aromatic heterocycles. The summed E-state index contributed by atoms with van der Waals surface area (Å²) in [4.78, 5) is 17.0. The second-order valence-electron chi connectivity index (χ2n) is 7.22. The van der Waals surface area contributed by atoms with Crippen LogP contribution in [-0.4, -0.2) is 32.9 Å². The van der Waals surface area contributed by atoms with Gasteiger partial charge in [0, 0.05) is 0 Å². The molecule has 3 rings (SSSR count). The molecule has 3 nitrogen and oxygen atoms in total. The average molecular weight is 494 g/mol. The van der Waals surface area contributed by atoms with Crippen LogP contribution in [0.4, 0.5) is 4.79 Å². The van der Waals surface area contributed by atoms with Gasteiger partial charge >= 0.3 is 156 Å². The maximum absolute atomic E-state index is 13.0. The Kier molecular flexibility index (Phi) is 5.10. The van der Waals surface area contributed by atoms with E-state index in [0.29, 0.717) is 17.8 Å². The van der Waals surface area contributed by atoms with Crippen LogP contribution in [-0.2, 0) is 19.4 Å². The molecule has 0 spiro atoms. The van der Waals surface area contributed by atoms with Crippen molar-refractivity contribution in [3.05, 3.63) is 48.0 Å². The van der Waals surface area contributed by atoms with Crippen molar-refractivity contribution >= 4 is 10.1 Å². The van der Waals surface area contributed by atoms with Crippen LogP contribution in [0.2, 0.25) is 0 Å². The van der Waals surface area contributed by atoms with Crippen LogP contribution >= 0.6 is 0 Å². The molecular formula is C20H26N2OW. The summed E-state index contributed by atoms with van der Waals surface area (Å²) in [6.07, 6.45) is 5.72. The Hall–Kier alpha value is -1.21. The first kappa shape index (κ1) is 17.6. The minimum atomic E-state index is 0.113. The number of benzene rings is 1. The van der Waals surface area contributed by atoms with Crippen molar-refractivity contribution < 1.29 is 24.1 Å². The van der Waals surface area contributed by atoms with E-state index in [1.54, 1.807) is 0 Å². The van der Waals surface area contributed by atoms with E-state index in [1.807, 2.05) is 18.0 Å². The van der Waals surface area contributed by atoms with E-state index in [9.17, 15) is 4.79 Å². The first-order valence-corrected chi connectivity index (χ1v) is 10.2. The molecule has 1 aromatic rings. The van der Waals surface area contributed by atoms with Gasteiger partial charge < -0.3 is 0 Å². The monoisotopic (exact) mass is 494 g/mol. The molecule has 2 amide bonds. The molecular weight excluding hydrogens is 468 g/mol. The van der Waals surface area contributed by atoms with E-state index >= 15 is 0 Å². The standard InChI is InChI=1S/C20H26N2O.W/c1-14-9-8-10-15(2)18(14)13-22-19(16(3)21(4)20(22)23)17-11-6-5-7-12-17;/h5-9,11-12,14-16,18-19H,10H2,1-4H3;/t14-,15+,16-,18+,19-;/m0./s1. The van der Waals surface area contributed by atoms with Gasteiger partial charge in [-0.2, -0.15) is 0 Å². The third kappa shape index (κ3) is 2.92. The normalized spacial score (nSPS) is 33.2. The molecule has 0 radical (unpaired) electrons. The van der Waals surface area contributed by atoms with Crippen LogP contribution in [0.1, 0.15) is 38.8 Å². The second-order valence-corrected chi connectivity index (χ2v) is 8.73. The Balaban J connectivity index is 1.98. The summed E-state index contributed by atoms with van der Waals surface area (Å²) in [5, 5.41) is 0. The fraction of sp³-hybridized carbons (Fsp3) is 0.500. The Bertz CT molecular complexity index is 657. The molecule has 0 N–H and O–H groups in total. The topological polar surface area (TPSA) is 23.6 Å². The second kappa shape index (κ2) is 6.96. The Morgan fingerprint density at radius 3 is 2.46 bits per heavy atom. The first-order chi connectivity index (χ1) is 11.4. The van der Waals surface area contributed by atoms with Crippen molar-refractivity contribution in [2.45, 2.75) is 39.3 Å². The van der Waals surface area contributed by atoms with E-state index in [2.05, 4.69) is 62.1 Å². The van der Waals surface area contributed by atoms with Crippen molar-refractivity contribution in [3.63, 3.8) is 0 Å². The van der Waals surface area contributed by atoms with E-state index in [0.717, 1.165) is 6.42 Å². The molecule has 1 aromatic carbocycles. The summed E-state index contributed by atoms with van der Waals surface area (Å²) < 4.78 is 1.30. The van der Waals surface area contributed by atoms with Crippen LogP contribution in [0.3, 0.4) is 0 Å². The number of allylic oxidation sites excluding steroid dienone is 2. The summed E-state index contributed by atoms with van der Waals surface area (Å²) in [7, 11) is 1.93. The molecule has 0 unspecified atom stereocenters. The SMILES string of the molecule is C[C@@H]1CC=C[C@H](C)[C@H]1[C](=[W])N1C(=O)N(C)[C@@H](C)[C@H]1c1ccccc1. The zero-order valence-corrected chi connectivity index (χ0v) is 17.8. The predicted molar refractivity (Wildman–Crippen MR) is 94.2 cm³/mol. The molecule has 5 atom stereocenters. The molecule has 128 valence electrons. The number of hydrogen-bond donors (Lipinski definition) is 0. The number of likely N-dealkylation sites (N-methyl/N-ethyl adjacent to an activating group) is 1. The zero-order chi connectivity index (χ0) is 17.4. The Morgan fingerprint density at radius 2 is 1.83 bits per heavy atom. The maximum atomic E-state index is 13.0. The number of amides is 2. The molecule has 0 saturated carbocycles. The molecule has 2 aliphatic rings. The summed E-state index contributed by atoms with van der Waals surface area (Å²) in [6.45, 7) is 6.76. The van der Waals surface area contributed by atoms with Crippen LogP contribution in [0, 0.1) is 17.8 Å². The quantitative estimate of drug-likeness (QED) is 0.583. The Labute approximate surface area is 156 Å². The van der Waals surface area contributed by atoms with Crippen molar-refractivity contribution in [3.8, 4) is 0 Å². The molecule has 24 heavy (non-hydrogen) atoms. The zero-order valence-electron chi connectivity index (χ0n) is 14.8. The third-order valence-electron chi connectivity index (χ3n) is 5.64. The number of carbonyl (C=O) groups is 1. The van der Waals surface area contributed by atoms with Gasteiger partial charge in [-0.1, -0.05) is 0 Å². The van der Waals surface area contributed by atoms with E-state index in [4.69, 9.17) is 0 Å². The minimum absolute atomic E-state index is 0.113. The van der Waals surface area contributed by atoms with Gasteiger partial charge in [0.05, 0.1) is 0 Å². The van der Waals surface area contributed by atoms with E-state index < -0.39 is 0 Å². The van der Waals surface area contributed by atoms with Gasteiger partial charge in [-0.3, -0.25) is 0 Å². The van der Waals surface area contributed by atoms with Crippen LogP contribution in [0.15, 0.2) is 42.5 Å². The number of carbonyl (C=O) groups excluding carboxylic acids is 1. The van der Waals surface area contributed by atoms with Gasteiger partial charge in [0.2, 0.25) is 0 Å². The summed E-state index contributed by atoms with van der Waals surface area (Å²) in [5.74, 6) is 1.54. The fourth-order valence-electron chi connectivity index (χ4n) is 4.12. The number of hydrogen-bond acceptors (Lipinski definition) is 1. The van der Waals surface area contributed by atoms with Gasteiger partial charge in [0.25, 0.3) is 0 Å². The average Bonchev–Trinajstić information content (AvgIpc) is 2.79. The van der Waals surface area contributed by atoms with Gasteiger partial charge in [0.1, 0.15) is 0 Å². The van der Waals surface area contributed by atoms with E-state index in [-0.39, 0.29) is 18.1 Å². The van der Waals surface area contributed by atoms with Crippen molar-refractivity contribution in [2.24, 2.45) is 17.8 Å². The third-order valence-corrected chi connectivity index (χ3v) is 7.33. The number of urea groups is 1. The van der Waals surface area contributed by atoms with Crippen molar-refractivity contribution in [2.75, 3.05) is 7.05 Å². The fourth-order valence-corrected chi connectivity index (χ4v) is 6.42. The van der Waals surface area contributed by atoms with Gasteiger partial charge in [-0.05, 0) is 0 Å². The summed E-state index contributed by atoms with van der Waals surface area (Å²) >= 11 is 1.42. The van der Waals surface area contributed by atoms with E-state index in [1.165, 1.54) is 28.9 Å².